The first-order valence-corrected chi connectivity index (χ1v) is 5.87. The topological polar surface area (TPSA) is 29.5 Å². The number of aliphatic hydroxyl groups is 1. The maximum atomic E-state index is 10.0. The van der Waals surface area contributed by atoms with Crippen LogP contribution >= 0.6 is 11.8 Å². The van der Waals surface area contributed by atoms with Crippen molar-refractivity contribution in [1.82, 2.24) is 0 Å². The zero-order valence-corrected chi connectivity index (χ0v) is 9.23. The molecule has 3 heteroatoms. The Morgan fingerprint density at radius 1 is 1.43 bits per heavy atom. The zero-order valence-electron chi connectivity index (χ0n) is 8.41. The van der Waals surface area contributed by atoms with Crippen LogP contribution in [0.5, 0.6) is 5.75 Å². The Morgan fingerprint density at radius 2 is 2.14 bits per heavy atom. The lowest BCUT2D eigenvalue weighted by Gasteiger charge is -2.15. The third kappa shape index (κ3) is 1.51. The molecule has 2 nitrogen and oxygen atoms in total. The Kier molecular flexibility index (Phi) is 2.45. The van der Waals surface area contributed by atoms with Crippen LogP contribution in [0.3, 0.4) is 0 Å². The van der Waals surface area contributed by atoms with Crippen molar-refractivity contribution in [3.8, 4) is 5.75 Å². The lowest BCUT2D eigenvalue weighted by atomic mass is 10.1. The van der Waals surface area contributed by atoms with E-state index < -0.39 is 5.60 Å². The largest absolute Gasteiger partial charge is 0.495 e. The molecule has 0 heterocycles. The van der Waals surface area contributed by atoms with E-state index in [-0.39, 0.29) is 0 Å². The van der Waals surface area contributed by atoms with E-state index in [0.29, 0.717) is 0 Å². The van der Waals surface area contributed by atoms with E-state index in [2.05, 4.69) is 0 Å². The number of methoxy groups -OCH3 is 1. The van der Waals surface area contributed by atoms with Gasteiger partial charge in [-0.2, -0.15) is 0 Å². The van der Waals surface area contributed by atoms with Gasteiger partial charge in [0.05, 0.1) is 12.7 Å². The van der Waals surface area contributed by atoms with Crippen LogP contribution in [0.25, 0.3) is 0 Å². The standard InChI is InChI=1S/C11H14O2S/c1-13-10-8(11(12)6-7-11)4-3-5-9(10)14-2/h3-5,12H,6-7H2,1-2H3. The van der Waals surface area contributed by atoms with Crippen molar-refractivity contribution in [3.05, 3.63) is 23.8 Å². The zero-order chi connectivity index (χ0) is 10.2. The molecule has 1 aliphatic carbocycles. The molecule has 1 aromatic carbocycles. The fraction of sp³-hybridized carbons (Fsp3) is 0.455. The van der Waals surface area contributed by atoms with Gasteiger partial charge in [-0.25, -0.2) is 0 Å². The highest BCUT2D eigenvalue weighted by Crippen LogP contribution is 2.50. The van der Waals surface area contributed by atoms with Gasteiger partial charge in [0.25, 0.3) is 0 Å². The second-order valence-corrected chi connectivity index (χ2v) is 4.42. The molecule has 0 atom stereocenters. The summed E-state index contributed by atoms with van der Waals surface area (Å²) in [6.07, 6.45) is 3.71. The van der Waals surface area contributed by atoms with Crippen molar-refractivity contribution in [3.63, 3.8) is 0 Å². The van der Waals surface area contributed by atoms with Gasteiger partial charge in [0.2, 0.25) is 0 Å². The van der Waals surface area contributed by atoms with Gasteiger partial charge < -0.3 is 9.84 Å². The third-order valence-corrected chi connectivity index (χ3v) is 3.39. The van der Waals surface area contributed by atoms with Crippen LogP contribution in [0.2, 0.25) is 0 Å². The molecular weight excluding hydrogens is 196 g/mol. The number of thioether (sulfide) groups is 1. The molecule has 0 aliphatic heterocycles. The predicted molar refractivity (Wildman–Crippen MR) is 57.9 cm³/mol. The van der Waals surface area contributed by atoms with Gasteiger partial charge in [-0.3, -0.25) is 0 Å². The van der Waals surface area contributed by atoms with Crippen LogP contribution in [0.15, 0.2) is 23.1 Å². The Bertz CT molecular complexity index is 345. The van der Waals surface area contributed by atoms with Crippen LogP contribution in [-0.2, 0) is 5.60 Å². The molecule has 0 bridgehead atoms. The minimum atomic E-state index is -0.614. The van der Waals surface area contributed by atoms with Gasteiger partial charge in [-0.1, -0.05) is 12.1 Å². The minimum Gasteiger partial charge on any atom is -0.495 e. The van der Waals surface area contributed by atoms with Crippen molar-refractivity contribution >= 4 is 11.8 Å². The molecule has 0 aromatic heterocycles. The van der Waals surface area contributed by atoms with E-state index in [1.165, 1.54) is 0 Å². The van der Waals surface area contributed by atoms with Crippen LogP contribution in [0.4, 0.5) is 0 Å². The molecule has 1 aliphatic rings. The van der Waals surface area contributed by atoms with Gasteiger partial charge in [0.15, 0.2) is 0 Å². The fourth-order valence-electron chi connectivity index (χ4n) is 1.64. The lowest BCUT2D eigenvalue weighted by molar-refractivity contribution is 0.147. The number of hydrogen-bond donors (Lipinski definition) is 1. The monoisotopic (exact) mass is 210 g/mol. The van der Waals surface area contributed by atoms with Gasteiger partial charge in [-0.05, 0) is 25.2 Å². The van der Waals surface area contributed by atoms with E-state index in [1.54, 1.807) is 18.9 Å². The van der Waals surface area contributed by atoms with E-state index in [9.17, 15) is 5.11 Å². The molecule has 0 saturated heterocycles. The number of rotatable bonds is 3. The molecule has 2 rings (SSSR count). The summed E-state index contributed by atoms with van der Waals surface area (Å²) in [4.78, 5) is 1.09. The normalized spacial score (nSPS) is 17.9. The average Bonchev–Trinajstić information content (AvgIpc) is 2.96. The first-order chi connectivity index (χ1) is 6.71. The minimum absolute atomic E-state index is 0.614. The molecule has 1 aromatic rings. The molecule has 0 unspecified atom stereocenters. The van der Waals surface area contributed by atoms with Crippen molar-refractivity contribution in [1.29, 1.82) is 0 Å². The highest BCUT2D eigenvalue weighted by molar-refractivity contribution is 7.98. The Labute approximate surface area is 88.3 Å². The van der Waals surface area contributed by atoms with Gasteiger partial charge in [0, 0.05) is 10.5 Å². The summed E-state index contributed by atoms with van der Waals surface area (Å²) in [5, 5.41) is 10.0. The molecule has 0 spiro atoms. The summed E-state index contributed by atoms with van der Waals surface area (Å²) in [5.41, 5.74) is 0.323. The molecule has 0 amide bonds. The summed E-state index contributed by atoms with van der Waals surface area (Å²) in [6.45, 7) is 0. The number of benzene rings is 1. The SMILES string of the molecule is COc1c(SC)cccc1C1(O)CC1. The predicted octanol–water partition coefficient (Wildman–Crippen LogP) is 2.40. The van der Waals surface area contributed by atoms with Crippen molar-refractivity contribution in [2.75, 3.05) is 13.4 Å². The van der Waals surface area contributed by atoms with E-state index in [0.717, 1.165) is 29.1 Å². The van der Waals surface area contributed by atoms with Crippen molar-refractivity contribution in [2.45, 2.75) is 23.3 Å². The highest BCUT2D eigenvalue weighted by atomic mass is 32.2. The number of hydrogen-bond acceptors (Lipinski definition) is 3. The van der Waals surface area contributed by atoms with E-state index >= 15 is 0 Å². The third-order valence-electron chi connectivity index (χ3n) is 2.63. The summed E-state index contributed by atoms with van der Waals surface area (Å²) in [6, 6.07) is 5.93. The van der Waals surface area contributed by atoms with Crippen molar-refractivity contribution < 1.29 is 9.84 Å². The lowest BCUT2D eigenvalue weighted by Crippen LogP contribution is -2.07. The summed E-state index contributed by atoms with van der Waals surface area (Å²) in [7, 11) is 1.66. The quantitative estimate of drug-likeness (QED) is 0.777. The van der Waals surface area contributed by atoms with Crippen LogP contribution in [-0.4, -0.2) is 18.5 Å². The van der Waals surface area contributed by atoms with Crippen LogP contribution < -0.4 is 4.74 Å². The Balaban J connectivity index is 2.48. The second-order valence-electron chi connectivity index (χ2n) is 3.57. The molecule has 14 heavy (non-hydrogen) atoms. The van der Waals surface area contributed by atoms with Crippen LogP contribution in [0.1, 0.15) is 18.4 Å². The number of ether oxygens (including phenoxy) is 1. The van der Waals surface area contributed by atoms with Gasteiger partial charge >= 0.3 is 0 Å². The fourth-order valence-corrected chi connectivity index (χ4v) is 2.23. The molecule has 1 saturated carbocycles. The van der Waals surface area contributed by atoms with E-state index in [1.807, 2.05) is 24.5 Å². The molecular formula is C11H14O2S. The smallest absolute Gasteiger partial charge is 0.138 e. The molecule has 76 valence electrons. The maximum Gasteiger partial charge on any atom is 0.138 e. The van der Waals surface area contributed by atoms with Crippen molar-refractivity contribution in [2.24, 2.45) is 0 Å². The van der Waals surface area contributed by atoms with Gasteiger partial charge in [-0.15, -0.1) is 11.8 Å². The second kappa shape index (κ2) is 3.48. The molecule has 1 N–H and O–H groups in total. The Morgan fingerprint density at radius 3 is 2.64 bits per heavy atom. The Hall–Kier alpha value is -0.670. The molecule has 1 fully saturated rings. The first kappa shape index (κ1) is 9.87. The average molecular weight is 210 g/mol. The first-order valence-electron chi connectivity index (χ1n) is 4.65. The van der Waals surface area contributed by atoms with Gasteiger partial charge in [0.1, 0.15) is 5.75 Å². The highest BCUT2D eigenvalue weighted by Gasteiger charge is 2.44. The maximum absolute atomic E-state index is 10.0. The van der Waals surface area contributed by atoms with Crippen LogP contribution in [0, 0.1) is 0 Å². The number of para-hydroxylation sites is 1. The van der Waals surface area contributed by atoms with E-state index in [4.69, 9.17) is 4.74 Å². The molecule has 0 radical (unpaired) electrons. The summed E-state index contributed by atoms with van der Waals surface area (Å²) < 4.78 is 5.35. The summed E-state index contributed by atoms with van der Waals surface area (Å²) in [5.74, 6) is 0.833. The summed E-state index contributed by atoms with van der Waals surface area (Å²) >= 11 is 1.64.